The standard InChI is InChI=1S/C14H25N5/c1-5-15-12-6-8-16-13(18-12)17-11-7-9-19(10-11)14(2,3)4/h6,8,11H,5,7,9-10H2,1-4H3,(H2,15,16,17,18)/t11-/m0/s1. The first-order valence-corrected chi connectivity index (χ1v) is 7.07. The summed E-state index contributed by atoms with van der Waals surface area (Å²) in [6, 6.07) is 2.33. The molecule has 0 unspecified atom stereocenters. The Hall–Kier alpha value is -1.36. The third-order valence-electron chi connectivity index (χ3n) is 3.48. The van der Waals surface area contributed by atoms with Gasteiger partial charge < -0.3 is 10.6 Å². The van der Waals surface area contributed by atoms with Crippen molar-refractivity contribution in [3.63, 3.8) is 0 Å². The van der Waals surface area contributed by atoms with E-state index >= 15 is 0 Å². The molecule has 1 aromatic heterocycles. The van der Waals surface area contributed by atoms with Crippen molar-refractivity contribution in [3.05, 3.63) is 12.3 Å². The van der Waals surface area contributed by atoms with E-state index in [2.05, 4.69) is 53.2 Å². The Morgan fingerprint density at radius 1 is 1.42 bits per heavy atom. The van der Waals surface area contributed by atoms with Crippen LogP contribution in [0.4, 0.5) is 11.8 Å². The van der Waals surface area contributed by atoms with Crippen LogP contribution in [-0.2, 0) is 0 Å². The summed E-state index contributed by atoms with van der Waals surface area (Å²) in [4.78, 5) is 11.3. The first kappa shape index (κ1) is 14.1. The van der Waals surface area contributed by atoms with Gasteiger partial charge in [0.1, 0.15) is 5.82 Å². The summed E-state index contributed by atoms with van der Waals surface area (Å²) in [5, 5.41) is 6.64. The van der Waals surface area contributed by atoms with E-state index < -0.39 is 0 Å². The molecule has 1 fully saturated rings. The maximum atomic E-state index is 4.46. The molecule has 106 valence electrons. The van der Waals surface area contributed by atoms with Crippen molar-refractivity contribution in [1.29, 1.82) is 0 Å². The van der Waals surface area contributed by atoms with Gasteiger partial charge in [-0.2, -0.15) is 4.98 Å². The van der Waals surface area contributed by atoms with Crippen molar-refractivity contribution in [2.24, 2.45) is 0 Å². The van der Waals surface area contributed by atoms with Crippen molar-refractivity contribution in [1.82, 2.24) is 14.9 Å². The molecule has 2 heterocycles. The van der Waals surface area contributed by atoms with E-state index in [0.29, 0.717) is 6.04 Å². The molecule has 5 nitrogen and oxygen atoms in total. The van der Waals surface area contributed by atoms with Crippen LogP contribution in [0.25, 0.3) is 0 Å². The molecule has 0 radical (unpaired) electrons. The van der Waals surface area contributed by atoms with E-state index in [9.17, 15) is 0 Å². The minimum absolute atomic E-state index is 0.239. The highest BCUT2D eigenvalue weighted by Gasteiger charge is 2.30. The molecule has 1 atom stereocenters. The Balaban J connectivity index is 1.93. The minimum Gasteiger partial charge on any atom is -0.370 e. The van der Waals surface area contributed by atoms with Gasteiger partial charge in [-0.25, -0.2) is 4.98 Å². The maximum absolute atomic E-state index is 4.46. The van der Waals surface area contributed by atoms with Crippen LogP contribution in [0.15, 0.2) is 12.3 Å². The Bertz CT molecular complexity index is 413. The minimum atomic E-state index is 0.239. The number of nitrogens with zero attached hydrogens (tertiary/aromatic N) is 3. The van der Waals surface area contributed by atoms with Gasteiger partial charge in [0.25, 0.3) is 0 Å². The normalized spacial score (nSPS) is 20.5. The van der Waals surface area contributed by atoms with Crippen molar-refractivity contribution in [2.45, 2.75) is 45.7 Å². The number of aromatic nitrogens is 2. The van der Waals surface area contributed by atoms with Gasteiger partial charge in [-0.3, -0.25) is 4.90 Å². The molecule has 1 aliphatic heterocycles. The van der Waals surface area contributed by atoms with Crippen LogP contribution < -0.4 is 10.6 Å². The number of rotatable bonds is 4. The predicted octanol–water partition coefficient (Wildman–Crippen LogP) is 2.19. The van der Waals surface area contributed by atoms with Gasteiger partial charge in [0, 0.05) is 37.4 Å². The van der Waals surface area contributed by atoms with Crippen LogP contribution in [0, 0.1) is 0 Å². The highest BCUT2D eigenvalue weighted by molar-refractivity contribution is 5.40. The summed E-state index contributed by atoms with van der Waals surface area (Å²) < 4.78 is 0. The van der Waals surface area contributed by atoms with Gasteiger partial charge in [0.15, 0.2) is 0 Å². The van der Waals surface area contributed by atoms with Crippen LogP contribution in [0.5, 0.6) is 0 Å². The van der Waals surface area contributed by atoms with E-state index in [4.69, 9.17) is 0 Å². The van der Waals surface area contributed by atoms with Crippen molar-refractivity contribution >= 4 is 11.8 Å². The summed E-state index contributed by atoms with van der Waals surface area (Å²) in [5.41, 5.74) is 0.239. The van der Waals surface area contributed by atoms with Gasteiger partial charge in [0.2, 0.25) is 5.95 Å². The lowest BCUT2D eigenvalue weighted by Gasteiger charge is -2.31. The third-order valence-corrected chi connectivity index (χ3v) is 3.48. The zero-order valence-electron chi connectivity index (χ0n) is 12.4. The lowest BCUT2D eigenvalue weighted by Crippen LogP contribution is -2.40. The monoisotopic (exact) mass is 263 g/mol. The van der Waals surface area contributed by atoms with E-state index in [-0.39, 0.29) is 5.54 Å². The fourth-order valence-corrected chi connectivity index (χ4v) is 2.38. The van der Waals surface area contributed by atoms with E-state index in [1.54, 1.807) is 6.20 Å². The number of hydrogen-bond donors (Lipinski definition) is 2. The number of hydrogen-bond acceptors (Lipinski definition) is 5. The van der Waals surface area contributed by atoms with Crippen molar-refractivity contribution in [2.75, 3.05) is 30.3 Å². The van der Waals surface area contributed by atoms with Crippen molar-refractivity contribution < 1.29 is 0 Å². The van der Waals surface area contributed by atoms with Crippen LogP contribution in [0.2, 0.25) is 0 Å². The van der Waals surface area contributed by atoms with E-state index in [0.717, 1.165) is 37.8 Å². The van der Waals surface area contributed by atoms with Gasteiger partial charge in [0.05, 0.1) is 0 Å². The second-order valence-electron chi connectivity index (χ2n) is 6.04. The molecule has 0 spiro atoms. The van der Waals surface area contributed by atoms with Gasteiger partial charge >= 0.3 is 0 Å². The van der Waals surface area contributed by atoms with Gasteiger partial charge in [-0.05, 0) is 40.2 Å². The third kappa shape index (κ3) is 3.80. The summed E-state index contributed by atoms with van der Waals surface area (Å²) in [7, 11) is 0. The molecule has 0 aromatic carbocycles. The quantitative estimate of drug-likeness (QED) is 0.872. The Morgan fingerprint density at radius 3 is 2.84 bits per heavy atom. The lowest BCUT2D eigenvalue weighted by molar-refractivity contribution is 0.174. The Morgan fingerprint density at radius 2 is 2.21 bits per heavy atom. The van der Waals surface area contributed by atoms with E-state index in [1.807, 2.05) is 6.07 Å². The number of anilines is 2. The fourth-order valence-electron chi connectivity index (χ4n) is 2.38. The number of nitrogens with one attached hydrogen (secondary N) is 2. The van der Waals surface area contributed by atoms with E-state index in [1.165, 1.54) is 0 Å². The number of likely N-dealkylation sites (tertiary alicyclic amines) is 1. The van der Waals surface area contributed by atoms with Crippen LogP contribution in [0.1, 0.15) is 34.1 Å². The van der Waals surface area contributed by atoms with Crippen LogP contribution >= 0.6 is 0 Å². The molecular weight excluding hydrogens is 238 g/mol. The highest BCUT2D eigenvalue weighted by Crippen LogP contribution is 2.22. The molecular formula is C14H25N5. The Labute approximate surface area is 115 Å². The lowest BCUT2D eigenvalue weighted by atomic mass is 10.1. The molecule has 2 rings (SSSR count). The average molecular weight is 263 g/mol. The largest absolute Gasteiger partial charge is 0.370 e. The summed E-state index contributed by atoms with van der Waals surface area (Å²) in [6.45, 7) is 11.9. The van der Waals surface area contributed by atoms with Crippen molar-refractivity contribution in [3.8, 4) is 0 Å². The molecule has 0 aliphatic carbocycles. The first-order chi connectivity index (χ1) is 8.99. The molecule has 0 amide bonds. The topological polar surface area (TPSA) is 53.1 Å². The van der Waals surface area contributed by atoms with Gasteiger partial charge in [-0.1, -0.05) is 0 Å². The van der Waals surface area contributed by atoms with Gasteiger partial charge in [-0.15, -0.1) is 0 Å². The summed E-state index contributed by atoms with van der Waals surface area (Å²) >= 11 is 0. The molecule has 1 saturated heterocycles. The molecule has 2 N–H and O–H groups in total. The Kier molecular flexibility index (Phi) is 4.24. The van der Waals surface area contributed by atoms with Crippen LogP contribution in [-0.4, -0.2) is 46.1 Å². The molecule has 1 aliphatic rings. The first-order valence-electron chi connectivity index (χ1n) is 7.07. The fraction of sp³-hybridized carbons (Fsp3) is 0.714. The molecule has 19 heavy (non-hydrogen) atoms. The zero-order chi connectivity index (χ0) is 13.9. The molecule has 1 aromatic rings. The maximum Gasteiger partial charge on any atom is 0.224 e. The van der Waals surface area contributed by atoms with Crippen LogP contribution in [0.3, 0.4) is 0 Å². The second kappa shape index (κ2) is 5.74. The summed E-state index contributed by atoms with van der Waals surface area (Å²) in [5.74, 6) is 1.60. The SMILES string of the molecule is CCNc1ccnc(N[C@H]2CCN(C(C)(C)C)C2)n1. The smallest absolute Gasteiger partial charge is 0.224 e. The summed E-state index contributed by atoms with van der Waals surface area (Å²) in [6.07, 6.45) is 2.94. The molecule has 0 saturated carbocycles. The predicted molar refractivity (Wildman–Crippen MR) is 79.5 cm³/mol. The average Bonchev–Trinajstić information content (AvgIpc) is 2.78. The highest BCUT2D eigenvalue weighted by atomic mass is 15.3. The zero-order valence-corrected chi connectivity index (χ0v) is 12.4. The molecule has 5 heteroatoms. The second-order valence-corrected chi connectivity index (χ2v) is 6.04. The molecule has 0 bridgehead atoms.